The van der Waals surface area contributed by atoms with Crippen LogP contribution >= 0.6 is 0 Å². The zero-order valence-corrected chi connectivity index (χ0v) is 9.38. The zero-order valence-electron chi connectivity index (χ0n) is 9.38. The molecule has 0 aliphatic carbocycles. The second-order valence-corrected chi connectivity index (χ2v) is 4.14. The fourth-order valence-electron chi connectivity index (χ4n) is 1.65. The molecule has 2 rings (SSSR count). The molecule has 2 aromatic rings. The number of anilines is 1. The molecule has 2 N–H and O–H groups in total. The van der Waals surface area contributed by atoms with E-state index < -0.39 is 0 Å². The standard InChI is InChI=1S/C13H18N2/c1-3-10(2)8-14-13-9-15-12-7-5-4-6-11(12)13/h4-7,9-10,14-15H,3,8H2,1-2H3. The zero-order chi connectivity index (χ0) is 10.7. The van der Waals surface area contributed by atoms with Crippen LogP contribution in [0.5, 0.6) is 0 Å². The number of benzene rings is 1. The Morgan fingerprint density at radius 2 is 2.13 bits per heavy atom. The minimum Gasteiger partial charge on any atom is -0.383 e. The highest BCUT2D eigenvalue weighted by Crippen LogP contribution is 2.22. The highest BCUT2D eigenvalue weighted by molar-refractivity contribution is 5.92. The summed E-state index contributed by atoms with van der Waals surface area (Å²) in [5.41, 5.74) is 2.41. The molecule has 1 heterocycles. The summed E-state index contributed by atoms with van der Waals surface area (Å²) in [6.07, 6.45) is 3.27. The van der Waals surface area contributed by atoms with Crippen molar-refractivity contribution in [3.05, 3.63) is 30.5 Å². The van der Waals surface area contributed by atoms with Gasteiger partial charge in [0.2, 0.25) is 0 Å². The van der Waals surface area contributed by atoms with E-state index in [-0.39, 0.29) is 0 Å². The van der Waals surface area contributed by atoms with Gasteiger partial charge in [-0.15, -0.1) is 0 Å². The van der Waals surface area contributed by atoms with Crippen LogP contribution in [0, 0.1) is 5.92 Å². The maximum atomic E-state index is 3.49. The first-order valence-corrected chi connectivity index (χ1v) is 5.61. The molecule has 0 fully saturated rings. The third-order valence-electron chi connectivity index (χ3n) is 2.93. The molecule has 0 amide bonds. The van der Waals surface area contributed by atoms with Crippen LogP contribution in [0.25, 0.3) is 10.9 Å². The Bertz CT molecular complexity index is 431. The molecule has 1 unspecified atom stereocenters. The lowest BCUT2D eigenvalue weighted by Gasteiger charge is -2.10. The quantitative estimate of drug-likeness (QED) is 0.778. The lowest BCUT2D eigenvalue weighted by atomic mass is 10.1. The van der Waals surface area contributed by atoms with Crippen molar-refractivity contribution in [2.45, 2.75) is 20.3 Å². The monoisotopic (exact) mass is 202 g/mol. The molecule has 0 saturated carbocycles. The number of para-hydroxylation sites is 1. The lowest BCUT2D eigenvalue weighted by molar-refractivity contribution is 0.594. The third-order valence-corrected chi connectivity index (χ3v) is 2.93. The van der Waals surface area contributed by atoms with Crippen LogP contribution in [0.1, 0.15) is 20.3 Å². The number of aromatic nitrogens is 1. The van der Waals surface area contributed by atoms with E-state index in [4.69, 9.17) is 0 Å². The second kappa shape index (κ2) is 4.39. The van der Waals surface area contributed by atoms with Crippen LogP contribution in [-0.4, -0.2) is 11.5 Å². The average molecular weight is 202 g/mol. The summed E-state index contributed by atoms with van der Waals surface area (Å²) in [4.78, 5) is 3.27. The van der Waals surface area contributed by atoms with Crippen molar-refractivity contribution in [3.8, 4) is 0 Å². The van der Waals surface area contributed by atoms with Crippen molar-refractivity contribution in [1.82, 2.24) is 4.98 Å². The van der Waals surface area contributed by atoms with E-state index in [1.165, 1.54) is 23.0 Å². The Morgan fingerprint density at radius 3 is 2.93 bits per heavy atom. The molecule has 15 heavy (non-hydrogen) atoms. The van der Waals surface area contributed by atoms with Gasteiger partial charge in [0.05, 0.1) is 5.69 Å². The molecule has 2 heteroatoms. The Kier molecular flexibility index (Phi) is 2.95. The van der Waals surface area contributed by atoms with E-state index in [0.29, 0.717) is 0 Å². The Labute approximate surface area is 90.7 Å². The summed E-state index contributed by atoms with van der Waals surface area (Å²) in [5, 5.41) is 4.77. The van der Waals surface area contributed by atoms with Crippen LogP contribution < -0.4 is 5.32 Å². The van der Waals surface area contributed by atoms with Gasteiger partial charge in [-0.2, -0.15) is 0 Å². The van der Waals surface area contributed by atoms with Gasteiger partial charge in [-0.05, 0) is 12.0 Å². The average Bonchev–Trinajstić information content (AvgIpc) is 2.69. The summed E-state index contributed by atoms with van der Waals surface area (Å²) in [6.45, 7) is 5.53. The Hall–Kier alpha value is -1.44. The van der Waals surface area contributed by atoms with E-state index in [1.807, 2.05) is 6.20 Å². The number of fused-ring (bicyclic) bond motifs is 1. The number of rotatable bonds is 4. The SMILES string of the molecule is CCC(C)CNc1c[nH]c2ccccc12. The van der Waals surface area contributed by atoms with Crippen molar-refractivity contribution < 1.29 is 0 Å². The molecule has 0 aliphatic heterocycles. The van der Waals surface area contributed by atoms with E-state index in [0.717, 1.165) is 12.5 Å². The minimum absolute atomic E-state index is 0.721. The van der Waals surface area contributed by atoms with Gasteiger partial charge in [0.1, 0.15) is 0 Å². The topological polar surface area (TPSA) is 27.8 Å². The van der Waals surface area contributed by atoms with Crippen LogP contribution in [0.15, 0.2) is 30.5 Å². The van der Waals surface area contributed by atoms with Crippen molar-refractivity contribution >= 4 is 16.6 Å². The largest absolute Gasteiger partial charge is 0.383 e. The van der Waals surface area contributed by atoms with Crippen molar-refractivity contribution in [2.75, 3.05) is 11.9 Å². The summed E-state index contributed by atoms with van der Waals surface area (Å²) < 4.78 is 0. The van der Waals surface area contributed by atoms with Gasteiger partial charge in [-0.3, -0.25) is 0 Å². The summed E-state index contributed by atoms with van der Waals surface area (Å²) in [5.74, 6) is 0.721. The number of hydrogen-bond acceptors (Lipinski definition) is 1. The highest BCUT2D eigenvalue weighted by atomic mass is 14.9. The number of nitrogens with one attached hydrogen (secondary N) is 2. The van der Waals surface area contributed by atoms with Crippen LogP contribution in [0.3, 0.4) is 0 Å². The van der Waals surface area contributed by atoms with Gasteiger partial charge >= 0.3 is 0 Å². The Morgan fingerprint density at radius 1 is 1.33 bits per heavy atom. The predicted molar refractivity (Wildman–Crippen MR) is 66.2 cm³/mol. The fraction of sp³-hybridized carbons (Fsp3) is 0.385. The first-order chi connectivity index (χ1) is 7.31. The normalized spacial score (nSPS) is 12.9. The van der Waals surface area contributed by atoms with Crippen molar-refractivity contribution in [2.24, 2.45) is 5.92 Å². The van der Waals surface area contributed by atoms with Crippen molar-refractivity contribution in [1.29, 1.82) is 0 Å². The Balaban J connectivity index is 2.14. The van der Waals surface area contributed by atoms with E-state index in [2.05, 4.69) is 48.4 Å². The van der Waals surface area contributed by atoms with E-state index in [1.54, 1.807) is 0 Å². The molecule has 0 spiro atoms. The number of aromatic amines is 1. The predicted octanol–water partition coefficient (Wildman–Crippen LogP) is 3.63. The van der Waals surface area contributed by atoms with Crippen LogP contribution in [0.4, 0.5) is 5.69 Å². The summed E-state index contributed by atoms with van der Waals surface area (Å²) >= 11 is 0. The number of hydrogen-bond donors (Lipinski definition) is 2. The minimum atomic E-state index is 0.721. The van der Waals surface area contributed by atoms with Gasteiger partial charge in [0, 0.05) is 23.6 Å². The molecule has 0 aliphatic rings. The maximum Gasteiger partial charge on any atom is 0.0597 e. The third kappa shape index (κ3) is 2.14. The van der Waals surface area contributed by atoms with Gasteiger partial charge in [0.25, 0.3) is 0 Å². The summed E-state index contributed by atoms with van der Waals surface area (Å²) in [7, 11) is 0. The second-order valence-electron chi connectivity index (χ2n) is 4.14. The molecular formula is C13H18N2. The maximum absolute atomic E-state index is 3.49. The van der Waals surface area contributed by atoms with E-state index >= 15 is 0 Å². The van der Waals surface area contributed by atoms with Gasteiger partial charge in [-0.1, -0.05) is 38.5 Å². The fourth-order valence-corrected chi connectivity index (χ4v) is 1.65. The first-order valence-electron chi connectivity index (χ1n) is 5.61. The summed E-state index contributed by atoms with van der Waals surface area (Å²) in [6, 6.07) is 8.37. The first kappa shape index (κ1) is 10.1. The molecule has 0 saturated heterocycles. The smallest absolute Gasteiger partial charge is 0.0597 e. The van der Waals surface area contributed by atoms with Gasteiger partial charge < -0.3 is 10.3 Å². The van der Waals surface area contributed by atoms with Crippen LogP contribution in [-0.2, 0) is 0 Å². The molecule has 1 aromatic carbocycles. The molecule has 2 nitrogen and oxygen atoms in total. The molecule has 80 valence electrons. The van der Waals surface area contributed by atoms with Crippen molar-refractivity contribution in [3.63, 3.8) is 0 Å². The molecule has 1 aromatic heterocycles. The molecule has 1 atom stereocenters. The van der Waals surface area contributed by atoms with Gasteiger partial charge in [-0.25, -0.2) is 0 Å². The number of H-pyrrole nitrogens is 1. The molecular weight excluding hydrogens is 184 g/mol. The van der Waals surface area contributed by atoms with E-state index in [9.17, 15) is 0 Å². The highest BCUT2D eigenvalue weighted by Gasteiger charge is 2.03. The molecule has 0 radical (unpaired) electrons. The molecule has 0 bridgehead atoms. The van der Waals surface area contributed by atoms with Gasteiger partial charge in [0.15, 0.2) is 0 Å². The lowest BCUT2D eigenvalue weighted by Crippen LogP contribution is -2.09. The van der Waals surface area contributed by atoms with Crippen LogP contribution in [0.2, 0.25) is 0 Å².